The van der Waals surface area contributed by atoms with Crippen molar-refractivity contribution in [2.24, 2.45) is 5.92 Å². The first-order chi connectivity index (χ1) is 12.0. The van der Waals surface area contributed by atoms with Crippen molar-refractivity contribution >= 4 is 17.4 Å². The second-order valence-electron chi connectivity index (χ2n) is 7.17. The number of benzene rings is 1. The molecule has 25 heavy (non-hydrogen) atoms. The summed E-state index contributed by atoms with van der Waals surface area (Å²) in [6, 6.07) is 10.1. The highest BCUT2D eigenvalue weighted by atomic mass is 32.1. The number of morpholine rings is 1. The first-order valence-corrected chi connectivity index (χ1v) is 9.56. The number of amides is 1. The fraction of sp³-hybridized carbons (Fsp3) is 0.526. The quantitative estimate of drug-likeness (QED) is 0.831. The molecular weight excluding hydrogens is 334 g/mol. The van der Waals surface area contributed by atoms with Gasteiger partial charge in [-0.1, -0.05) is 62.5 Å². The highest BCUT2D eigenvalue weighted by molar-refractivity contribution is 7.08. The lowest BCUT2D eigenvalue weighted by Crippen LogP contribution is -2.48. The third kappa shape index (κ3) is 3.90. The van der Waals surface area contributed by atoms with Gasteiger partial charge in [0, 0.05) is 6.54 Å². The van der Waals surface area contributed by atoms with Crippen molar-refractivity contribution < 1.29 is 9.53 Å². The van der Waals surface area contributed by atoms with E-state index in [1.54, 1.807) is 0 Å². The molecule has 1 aliphatic rings. The molecule has 6 heteroatoms. The van der Waals surface area contributed by atoms with Crippen molar-refractivity contribution in [3.8, 4) is 0 Å². The van der Waals surface area contributed by atoms with Gasteiger partial charge in [0.1, 0.15) is 11.0 Å². The van der Waals surface area contributed by atoms with Crippen molar-refractivity contribution in [2.75, 3.05) is 13.1 Å². The van der Waals surface area contributed by atoms with Crippen LogP contribution in [0.4, 0.5) is 0 Å². The van der Waals surface area contributed by atoms with Crippen molar-refractivity contribution in [3.63, 3.8) is 0 Å². The van der Waals surface area contributed by atoms with E-state index in [0.717, 1.165) is 11.3 Å². The molecule has 1 aromatic carbocycles. The standard InChI is InChI=1S/C19H25N3O2S/c1-12(2)15-10-22(11-16(24-15)14-8-6-5-7-9-14)19(23)18-17(13(3)4)20-21-25-18/h5-9,12-13,15-16H,10-11H2,1-4H3/t15-,16+/m1/s1. The van der Waals surface area contributed by atoms with Crippen LogP contribution in [-0.2, 0) is 4.74 Å². The highest BCUT2D eigenvalue weighted by Crippen LogP contribution is 2.30. The Labute approximate surface area is 153 Å². The summed E-state index contributed by atoms with van der Waals surface area (Å²) in [6.07, 6.45) is -0.0824. The predicted molar refractivity (Wildman–Crippen MR) is 98.8 cm³/mol. The van der Waals surface area contributed by atoms with Gasteiger partial charge < -0.3 is 9.64 Å². The maximum atomic E-state index is 13.1. The average Bonchev–Trinajstić information content (AvgIpc) is 3.11. The SMILES string of the molecule is CC(C)c1nnsc1C(=O)N1C[C@@H](c2ccccc2)O[C@@H](C(C)C)C1. The van der Waals surface area contributed by atoms with Crippen LogP contribution in [0.15, 0.2) is 30.3 Å². The van der Waals surface area contributed by atoms with E-state index < -0.39 is 0 Å². The molecule has 1 aromatic heterocycles. The molecule has 134 valence electrons. The molecule has 3 rings (SSSR count). The molecule has 1 fully saturated rings. The molecular formula is C19H25N3O2S. The van der Waals surface area contributed by atoms with Crippen molar-refractivity contribution in [2.45, 2.75) is 45.8 Å². The van der Waals surface area contributed by atoms with Crippen molar-refractivity contribution in [1.82, 2.24) is 14.5 Å². The molecule has 0 spiro atoms. The summed E-state index contributed by atoms with van der Waals surface area (Å²) in [5.41, 5.74) is 1.90. The van der Waals surface area contributed by atoms with Crippen LogP contribution in [0, 0.1) is 5.92 Å². The second-order valence-corrected chi connectivity index (χ2v) is 7.92. The Morgan fingerprint density at radius 3 is 2.56 bits per heavy atom. The smallest absolute Gasteiger partial charge is 0.267 e. The summed E-state index contributed by atoms with van der Waals surface area (Å²) in [5, 5.41) is 4.15. The summed E-state index contributed by atoms with van der Waals surface area (Å²) in [6.45, 7) is 9.51. The Kier molecular flexibility index (Phi) is 5.49. The van der Waals surface area contributed by atoms with E-state index in [2.05, 4.69) is 35.6 Å². The minimum atomic E-state index is -0.102. The van der Waals surface area contributed by atoms with Crippen LogP contribution in [0.5, 0.6) is 0 Å². The molecule has 0 N–H and O–H groups in total. The zero-order valence-electron chi connectivity index (χ0n) is 15.2. The van der Waals surface area contributed by atoms with Gasteiger partial charge in [-0.15, -0.1) is 5.10 Å². The zero-order chi connectivity index (χ0) is 18.0. The van der Waals surface area contributed by atoms with E-state index in [4.69, 9.17) is 4.74 Å². The number of rotatable bonds is 4. The third-order valence-electron chi connectivity index (χ3n) is 4.58. The van der Waals surface area contributed by atoms with Crippen LogP contribution in [-0.4, -0.2) is 39.6 Å². The van der Waals surface area contributed by atoms with Crippen molar-refractivity contribution in [3.05, 3.63) is 46.5 Å². The summed E-state index contributed by atoms with van der Waals surface area (Å²) in [4.78, 5) is 15.7. The predicted octanol–water partition coefficient (Wildman–Crippen LogP) is 3.90. The number of nitrogens with zero attached hydrogens (tertiary/aromatic N) is 3. The Morgan fingerprint density at radius 1 is 1.20 bits per heavy atom. The number of carbonyl (C=O) groups is 1. The number of ether oxygens (including phenoxy) is 1. The lowest BCUT2D eigenvalue weighted by molar-refractivity contribution is -0.0954. The maximum absolute atomic E-state index is 13.1. The molecule has 2 aromatic rings. The topological polar surface area (TPSA) is 55.3 Å². The molecule has 1 aliphatic heterocycles. The number of hydrogen-bond donors (Lipinski definition) is 0. The van der Waals surface area contributed by atoms with Crippen LogP contribution in [0.3, 0.4) is 0 Å². The average molecular weight is 359 g/mol. The first-order valence-electron chi connectivity index (χ1n) is 8.79. The Balaban J connectivity index is 1.86. The Bertz CT molecular complexity index is 714. The van der Waals surface area contributed by atoms with Gasteiger partial charge in [-0.05, 0) is 28.9 Å². The van der Waals surface area contributed by atoms with Crippen LogP contribution in [0.2, 0.25) is 0 Å². The molecule has 2 atom stereocenters. The van der Waals surface area contributed by atoms with Gasteiger partial charge >= 0.3 is 0 Å². The number of carbonyl (C=O) groups excluding carboxylic acids is 1. The highest BCUT2D eigenvalue weighted by Gasteiger charge is 2.35. The minimum Gasteiger partial charge on any atom is -0.366 e. The van der Waals surface area contributed by atoms with Crippen LogP contribution >= 0.6 is 11.5 Å². The van der Waals surface area contributed by atoms with Gasteiger partial charge in [0.2, 0.25) is 0 Å². The molecule has 2 heterocycles. The van der Waals surface area contributed by atoms with E-state index in [9.17, 15) is 4.79 Å². The molecule has 1 amide bonds. The lowest BCUT2D eigenvalue weighted by Gasteiger charge is -2.40. The molecule has 0 unspecified atom stereocenters. The van der Waals surface area contributed by atoms with Gasteiger partial charge in [0.25, 0.3) is 5.91 Å². The molecule has 0 bridgehead atoms. The van der Waals surface area contributed by atoms with E-state index >= 15 is 0 Å². The van der Waals surface area contributed by atoms with Crippen LogP contribution in [0.25, 0.3) is 0 Å². The summed E-state index contributed by atoms with van der Waals surface area (Å²) in [5.74, 6) is 0.545. The normalized spacial score (nSPS) is 21.1. The monoisotopic (exact) mass is 359 g/mol. The largest absolute Gasteiger partial charge is 0.366 e. The van der Waals surface area contributed by atoms with Crippen LogP contribution < -0.4 is 0 Å². The molecule has 1 saturated heterocycles. The summed E-state index contributed by atoms with van der Waals surface area (Å²) in [7, 11) is 0. The molecule has 0 radical (unpaired) electrons. The van der Waals surface area contributed by atoms with E-state index in [1.165, 1.54) is 11.5 Å². The Hall–Kier alpha value is -1.79. The number of aromatic nitrogens is 2. The van der Waals surface area contributed by atoms with E-state index in [0.29, 0.717) is 23.9 Å². The zero-order valence-corrected chi connectivity index (χ0v) is 16.0. The van der Waals surface area contributed by atoms with Crippen LogP contribution in [0.1, 0.15) is 60.6 Å². The fourth-order valence-electron chi connectivity index (χ4n) is 3.04. The van der Waals surface area contributed by atoms with Gasteiger partial charge in [-0.3, -0.25) is 4.79 Å². The molecule has 0 saturated carbocycles. The fourth-order valence-corrected chi connectivity index (χ4v) is 3.83. The minimum absolute atomic E-state index is 0.0197. The van der Waals surface area contributed by atoms with Crippen molar-refractivity contribution in [1.29, 1.82) is 0 Å². The Morgan fingerprint density at radius 2 is 1.92 bits per heavy atom. The molecule has 0 aliphatic carbocycles. The third-order valence-corrected chi connectivity index (χ3v) is 5.31. The number of hydrogen-bond acceptors (Lipinski definition) is 5. The van der Waals surface area contributed by atoms with E-state index in [1.807, 2.05) is 36.9 Å². The first kappa shape index (κ1) is 18.0. The maximum Gasteiger partial charge on any atom is 0.267 e. The lowest BCUT2D eigenvalue weighted by atomic mass is 10.0. The van der Waals surface area contributed by atoms with Gasteiger partial charge in [0.05, 0.1) is 18.3 Å². The summed E-state index contributed by atoms with van der Waals surface area (Å²) < 4.78 is 10.3. The summed E-state index contributed by atoms with van der Waals surface area (Å²) >= 11 is 1.19. The van der Waals surface area contributed by atoms with E-state index in [-0.39, 0.29) is 24.0 Å². The van der Waals surface area contributed by atoms with Gasteiger partial charge in [0.15, 0.2) is 0 Å². The van der Waals surface area contributed by atoms with Gasteiger partial charge in [-0.2, -0.15) is 0 Å². The molecule has 5 nitrogen and oxygen atoms in total. The second kappa shape index (κ2) is 7.62. The van der Waals surface area contributed by atoms with Gasteiger partial charge in [-0.25, -0.2) is 0 Å².